The third kappa shape index (κ3) is 4.05. The molecule has 0 saturated carbocycles. The molecule has 0 aromatic carbocycles. The van der Waals surface area contributed by atoms with Crippen LogP contribution in [0, 0.1) is 0 Å². The number of likely N-dealkylation sites (tertiary alicyclic amines) is 1. The van der Waals surface area contributed by atoms with Crippen molar-refractivity contribution in [2.45, 2.75) is 58.0 Å². The Bertz CT molecular complexity index is 375. The van der Waals surface area contributed by atoms with E-state index in [0.29, 0.717) is 12.1 Å². The standard InChI is InChI=1S/C15H27N3O/c1-12(2)18-9-5-7-14(18)10-15-17-13(11-19-15)6-4-8-16-3/h11-12,14,16H,4-10H2,1-3H3. The van der Waals surface area contributed by atoms with E-state index in [2.05, 4.69) is 29.0 Å². The summed E-state index contributed by atoms with van der Waals surface area (Å²) in [5, 5.41) is 3.16. The summed E-state index contributed by atoms with van der Waals surface area (Å²) in [6, 6.07) is 1.24. The van der Waals surface area contributed by atoms with Gasteiger partial charge in [0.1, 0.15) is 6.26 Å². The van der Waals surface area contributed by atoms with Gasteiger partial charge in [0.2, 0.25) is 0 Å². The molecule has 1 aromatic rings. The van der Waals surface area contributed by atoms with Gasteiger partial charge in [-0.25, -0.2) is 4.98 Å². The van der Waals surface area contributed by atoms with E-state index in [0.717, 1.165) is 37.4 Å². The number of rotatable bonds is 7. The van der Waals surface area contributed by atoms with Crippen LogP contribution in [0.1, 0.15) is 44.7 Å². The number of aromatic nitrogens is 1. The second-order valence-electron chi connectivity index (χ2n) is 5.77. The van der Waals surface area contributed by atoms with Crippen molar-refractivity contribution >= 4 is 0 Å². The zero-order valence-electron chi connectivity index (χ0n) is 12.5. The number of aryl methyl sites for hydroxylation is 1. The fourth-order valence-corrected chi connectivity index (χ4v) is 2.96. The van der Waals surface area contributed by atoms with Crippen LogP contribution in [0.25, 0.3) is 0 Å². The number of nitrogens with zero attached hydrogens (tertiary/aromatic N) is 2. The summed E-state index contributed by atoms with van der Waals surface area (Å²) >= 11 is 0. The van der Waals surface area contributed by atoms with Crippen LogP contribution < -0.4 is 5.32 Å². The summed E-state index contributed by atoms with van der Waals surface area (Å²) in [5.74, 6) is 0.914. The minimum absolute atomic E-state index is 0.615. The molecule has 1 aromatic heterocycles. The van der Waals surface area contributed by atoms with E-state index in [4.69, 9.17) is 4.42 Å². The van der Waals surface area contributed by atoms with Crippen molar-refractivity contribution in [3.63, 3.8) is 0 Å². The molecule has 2 heterocycles. The van der Waals surface area contributed by atoms with Crippen LogP contribution in [0.2, 0.25) is 0 Å². The molecule has 4 nitrogen and oxygen atoms in total. The van der Waals surface area contributed by atoms with Gasteiger partial charge in [-0.2, -0.15) is 0 Å². The molecule has 2 rings (SSSR count). The molecular formula is C15H27N3O. The maximum atomic E-state index is 5.63. The molecule has 0 spiro atoms. The molecule has 0 bridgehead atoms. The minimum atomic E-state index is 0.615. The summed E-state index contributed by atoms with van der Waals surface area (Å²) in [4.78, 5) is 7.19. The maximum absolute atomic E-state index is 5.63. The van der Waals surface area contributed by atoms with Gasteiger partial charge >= 0.3 is 0 Å². The Morgan fingerprint density at radius 3 is 3.11 bits per heavy atom. The zero-order valence-corrected chi connectivity index (χ0v) is 12.5. The van der Waals surface area contributed by atoms with E-state index < -0.39 is 0 Å². The average molecular weight is 265 g/mol. The second-order valence-corrected chi connectivity index (χ2v) is 5.77. The molecular weight excluding hydrogens is 238 g/mol. The smallest absolute Gasteiger partial charge is 0.195 e. The van der Waals surface area contributed by atoms with Gasteiger partial charge in [0, 0.05) is 18.5 Å². The van der Waals surface area contributed by atoms with Gasteiger partial charge in [0.15, 0.2) is 5.89 Å². The summed E-state index contributed by atoms with van der Waals surface area (Å²) in [6.07, 6.45) is 7.49. The van der Waals surface area contributed by atoms with Crippen molar-refractivity contribution in [3.8, 4) is 0 Å². The van der Waals surface area contributed by atoms with Crippen molar-refractivity contribution in [1.29, 1.82) is 0 Å². The molecule has 19 heavy (non-hydrogen) atoms. The van der Waals surface area contributed by atoms with Gasteiger partial charge in [0.25, 0.3) is 0 Å². The van der Waals surface area contributed by atoms with Crippen LogP contribution in [0.4, 0.5) is 0 Å². The van der Waals surface area contributed by atoms with Crippen molar-refractivity contribution < 1.29 is 4.42 Å². The molecule has 1 aliphatic rings. The van der Waals surface area contributed by atoms with Crippen molar-refractivity contribution in [2.24, 2.45) is 0 Å². The van der Waals surface area contributed by atoms with E-state index >= 15 is 0 Å². The highest BCUT2D eigenvalue weighted by Crippen LogP contribution is 2.23. The van der Waals surface area contributed by atoms with Gasteiger partial charge in [-0.15, -0.1) is 0 Å². The van der Waals surface area contributed by atoms with Gasteiger partial charge in [0.05, 0.1) is 5.69 Å². The summed E-state index contributed by atoms with van der Waals surface area (Å²) in [5.41, 5.74) is 1.10. The van der Waals surface area contributed by atoms with Crippen molar-refractivity contribution in [3.05, 3.63) is 17.8 Å². The van der Waals surface area contributed by atoms with Gasteiger partial charge in [-0.05, 0) is 59.7 Å². The number of oxazole rings is 1. The Balaban J connectivity index is 1.85. The van der Waals surface area contributed by atoms with Crippen LogP contribution in [0.5, 0.6) is 0 Å². The fraction of sp³-hybridized carbons (Fsp3) is 0.800. The number of nitrogens with one attached hydrogen (secondary N) is 1. The first-order chi connectivity index (χ1) is 9.20. The third-order valence-electron chi connectivity index (χ3n) is 3.96. The predicted molar refractivity (Wildman–Crippen MR) is 77.3 cm³/mol. The van der Waals surface area contributed by atoms with Gasteiger partial charge < -0.3 is 9.73 Å². The van der Waals surface area contributed by atoms with Crippen LogP contribution in [0.3, 0.4) is 0 Å². The van der Waals surface area contributed by atoms with E-state index in [-0.39, 0.29) is 0 Å². The lowest BCUT2D eigenvalue weighted by Crippen LogP contribution is -2.36. The normalized spacial score (nSPS) is 20.5. The lowest BCUT2D eigenvalue weighted by molar-refractivity contribution is 0.195. The molecule has 0 aliphatic carbocycles. The Kier molecular flexibility index (Phi) is 5.40. The average Bonchev–Trinajstić information content (AvgIpc) is 2.99. The Labute approximate surface area is 116 Å². The van der Waals surface area contributed by atoms with Crippen molar-refractivity contribution in [1.82, 2.24) is 15.2 Å². The quantitative estimate of drug-likeness (QED) is 0.768. The van der Waals surface area contributed by atoms with Gasteiger partial charge in [-0.3, -0.25) is 4.90 Å². The molecule has 4 heteroatoms. The van der Waals surface area contributed by atoms with Crippen molar-refractivity contribution in [2.75, 3.05) is 20.1 Å². The summed E-state index contributed by atoms with van der Waals surface area (Å²) in [7, 11) is 1.98. The van der Waals surface area contributed by atoms with Gasteiger partial charge in [-0.1, -0.05) is 0 Å². The number of hydrogen-bond acceptors (Lipinski definition) is 4. The minimum Gasteiger partial charge on any atom is -0.449 e. The highest BCUT2D eigenvalue weighted by atomic mass is 16.3. The third-order valence-corrected chi connectivity index (χ3v) is 3.96. The lowest BCUT2D eigenvalue weighted by atomic mass is 10.1. The second kappa shape index (κ2) is 7.06. The SMILES string of the molecule is CNCCCc1coc(CC2CCCN2C(C)C)n1. The highest BCUT2D eigenvalue weighted by molar-refractivity contribution is 4.99. The van der Waals surface area contributed by atoms with E-state index in [9.17, 15) is 0 Å². The topological polar surface area (TPSA) is 41.3 Å². The van der Waals surface area contributed by atoms with E-state index in [1.165, 1.54) is 19.4 Å². The monoisotopic (exact) mass is 265 g/mol. The summed E-state index contributed by atoms with van der Waals surface area (Å²) in [6.45, 7) is 6.80. The van der Waals surface area contributed by atoms with E-state index in [1.54, 1.807) is 0 Å². The zero-order chi connectivity index (χ0) is 13.7. The first kappa shape index (κ1) is 14.5. The Hall–Kier alpha value is -0.870. The Morgan fingerprint density at radius 2 is 2.37 bits per heavy atom. The molecule has 0 radical (unpaired) electrons. The largest absolute Gasteiger partial charge is 0.449 e. The molecule has 1 unspecified atom stereocenters. The molecule has 1 atom stereocenters. The van der Waals surface area contributed by atoms with Crippen LogP contribution in [-0.2, 0) is 12.8 Å². The molecule has 108 valence electrons. The molecule has 1 saturated heterocycles. The van der Waals surface area contributed by atoms with Crippen LogP contribution >= 0.6 is 0 Å². The maximum Gasteiger partial charge on any atom is 0.195 e. The first-order valence-corrected chi connectivity index (χ1v) is 7.54. The lowest BCUT2D eigenvalue weighted by Gasteiger charge is -2.27. The van der Waals surface area contributed by atoms with Crippen LogP contribution in [-0.4, -0.2) is 42.1 Å². The predicted octanol–water partition coefficient (Wildman–Crippen LogP) is 2.24. The van der Waals surface area contributed by atoms with E-state index in [1.807, 2.05) is 13.3 Å². The molecule has 0 amide bonds. The highest BCUT2D eigenvalue weighted by Gasteiger charge is 2.27. The summed E-state index contributed by atoms with van der Waals surface area (Å²) < 4.78 is 5.63. The first-order valence-electron chi connectivity index (χ1n) is 7.54. The molecule has 1 N–H and O–H groups in total. The molecule has 1 fully saturated rings. The number of hydrogen-bond donors (Lipinski definition) is 1. The Morgan fingerprint density at radius 1 is 1.53 bits per heavy atom. The molecule has 1 aliphatic heterocycles. The van der Waals surface area contributed by atoms with Crippen LogP contribution in [0.15, 0.2) is 10.7 Å². The fourth-order valence-electron chi connectivity index (χ4n) is 2.96.